The zero-order chi connectivity index (χ0) is 21.2. The molecule has 0 bridgehead atoms. The van der Waals surface area contributed by atoms with Crippen molar-refractivity contribution in [2.75, 3.05) is 18.0 Å². The lowest BCUT2D eigenvalue weighted by atomic mass is 9.95. The molecule has 2 aliphatic rings. The second kappa shape index (κ2) is 8.47. The number of aromatic nitrogens is 3. The van der Waals surface area contributed by atoms with Crippen LogP contribution in [0.1, 0.15) is 31.2 Å². The predicted molar refractivity (Wildman–Crippen MR) is 116 cm³/mol. The van der Waals surface area contributed by atoms with Crippen molar-refractivity contribution < 1.29 is 9.59 Å². The molecule has 1 aliphatic heterocycles. The Balaban J connectivity index is 1.34. The lowest BCUT2D eigenvalue weighted by Crippen LogP contribution is -2.49. The molecule has 1 saturated heterocycles. The molecule has 3 heterocycles. The molecule has 0 atom stereocenters. The van der Waals surface area contributed by atoms with E-state index in [4.69, 9.17) is 0 Å². The Bertz CT molecular complexity index is 1070. The smallest absolute Gasteiger partial charge is 0.237 e. The number of carbonyl (C=O) groups excluding carboxylic acids is 2. The molecule has 2 fully saturated rings. The Morgan fingerprint density at radius 3 is 2.48 bits per heavy atom. The normalized spacial score (nSPS) is 17.5. The van der Waals surface area contributed by atoms with E-state index in [-0.39, 0.29) is 23.7 Å². The molecule has 1 saturated carbocycles. The largest absolute Gasteiger partial charge is 0.292 e. The zero-order valence-electron chi connectivity index (χ0n) is 17.4. The second-order valence-electron chi connectivity index (χ2n) is 8.34. The highest BCUT2D eigenvalue weighted by atomic mass is 16.2. The van der Waals surface area contributed by atoms with Gasteiger partial charge in [0, 0.05) is 24.9 Å². The first kappa shape index (κ1) is 19.7. The van der Waals surface area contributed by atoms with Crippen molar-refractivity contribution in [3.8, 4) is 0 Å². The number of pyridine rings is 1. The summed E-state index contributed by atoms with van der Waals surface area (Å²) in [6.45, 7) is 1.83. The summed E-state index contributed by atoms with van der Waals surface area (Å²) < 4.78 is 1.71. The van der Waals surface area contributed by atoms with Crippen molar-refractivity contribution in [3.05, 3.63) is 60.4 Å². The minimum Gasteiger partial charge on any atom is -0.292 e. The highest BCUT2D eigenvalue weighted by molar-refractivity contribution is 5.94. The Kier molecular flexibility index (Phi) is 5.38. The van der Waals surface area contributed by atoms with Gasteiger partial charge < -0.3 is 0 Å². The first-order chi connectivity index (χ1) is 15.2. The van der Waals surface area contributed by atoms with Gasteiger partial charge in [0.2, 0.25) is 11.8 Å². The molecule has 1 aliphatic carbocycles. The molecular weight excluding hydrogens is 392 g/mol. The first-order valence-corrected chi connectivity index (χ1v) is 10.9. The van der Waals surface area contributed by atoms with Crippen LogP contribution < -0.4 is 10.3 Å². The molecule has 31 heavy (non-hydrogen) atoms. The Morgan fingerprint density at radius 2 is 1.74 bits per heavy atom. The Hall–Kier alpha value is -3.26. The van der Waals surface area contributed by atoms with Gasteiger partial charge in [-0.15, -0.1) is 0 Å². The number of nitrogens with zero attached hydrogens (tertiary/aromatic N) is 5. The maximum Gasteiger partial charge on any atom is 0.237 e. The molecular formula is C23H26N6O2. The molecule has 1 aromatic carbocycles. The summed E-state index contributed by atoms with van der Waals surface area (Å²) in [6.07, 6.45) is 4.90. The quantitative estimate of drug-likeness (QED) is 0.665. The van der Waals surface area contributed by atoms with Gasteiger partial charge in [-0.05, 0) is 43.4 Å². The predicted octanol–water partition coefficient (Wildman–Crippen LogP) is 2.42. The maximum atomic E-state index is 13.7. The average molecular weight is 419 g/mol. The van der Waals surface area contributed by atoms with Crippen LogP contribution in [0.5, 0.6) is 0 Å². The molecule has 0 radical (unpaired) electrons. The van der Waals surface area contributed by atoms with Crippen LogP contribution in [0.15, 0.2) is 54.9 Å². The third kappa shape index (κ3) is 4.29. The summed E-state index contributed by atoms with van der Waals surface area (Å²) >= 11 is 0. The molecule has 0 spiro atoms. The summed E-state index contributed by atoms with van der Waals surface area (Å²) in [5.74, 6) is 1.00. The van der Waals surface area contributed by atoms with E-state index in [9.17, 15) is 9.59 Å². The minimum absolute atomic E-state index is 0.0834. The lowest BCUT2D eigenvalue weighted by molar-refractivity contribution is -0.129. The number of hydrogen-bond donors (Lipinski definition) is 1. The summed E-state index contributed by atoms with van der Waals surface area (Å²) in [5.41, 5.74) is 4.78. The fourth-order valence-electron chi connectivity index (χ4n) is 4.12. The summed E-state index contributed by atoms with van der Waals surface area (Å²) in [7, 11) is 0. The van der Waals surface area contributed by atoms with Gasteiger partial charge >= 0.3 is 0 Å². The zero-order valence-corrected chi connectivity index (χ0v) is 17.4. The minimum atomic E-state index is -0.100. The number of carbonyl (C=O) groups is 2. The van der Waals surface area contributed by atoms with Gasteiger partial charge in [-0.3, -0.25) is 19.9 Å². The average Bonchev–Trinajstić information content (AvgIpc) is 3.55. The molecule has 1 N–H and O–H groups in total. The number of fused-ring (bicyclic) bond motifs is 1. The van der Waals surface area contributed by atoms with Crippen molar-refractivity contribution in [2.24, 2.45) is 11.8 Å². The van der Waals surface area contributed by atoms with Crippen LogP contribution >= 0.6 is 0 Å². The van der Waals surface area contributed by atoms with Crippen molar-refractivity contribution >= 4 is 23.3 Å². The van der Waals surface area contributed by atoms with Crippen LogP contribution in [0, 0.1) is 11.8 Å². The lowest BCUT2D eigenvalue weighted by Gasteiger charge is -2.34. The van der Waals surface area contributed by atoms with E-state index < -0.39 is 0 Å². The fourth-order valence-corrected chi connectivity index (χ4v) is 4.12. The van der Waals surface area contributed by atoms with E-state index in [1.165, 1.54) is 6.33 Å². The van der Waals surface area contributed by atoms with E-state index in [0.717, 1.165) is 18.4 Å². The van der Waals surface area contributed by atoms with Gasteiger partial charge in [-0.25, -0.2) is 9.99 Å². The molecule has 2 aromatic heterocycles. The number of benzene rings is 1. The van der Waals surface area contributed by atoms with Gasteiger partial charge in [0.05, 0.1) is 6.54 Å². The van der Waals surface area contributed by atoms with Gasteiger partial charge in [0.1, 0.15) is 12.1 Å². The summed E-state index contributed by atoms with van der Waals surface area (Å²) in [4.78, 5) is 31.8. The molecule has 2 amide bonds. The van der Waals surface area contributed by atoms with Gasteiger partial charge in [0.25, 0.3) is 0 Å². The van der Waals surface area contributed by atoms with Crippen molar-refractivity contribution in [1.29, 1.82) is 0 Å². The molecule has 8 heteroatoms. The van der Waals surface area contributed by atoms with E-state index in [2.05, 4.69) is 15.5 Å². The molecule has 5 rings (SSSR count). The van der Waals surface area contributed by atoms with Crippen molar-refractivity contribution in [3.63, 3.8) is 0 Å². The fraction of sp³-hybridized carbons (Fsp3) is 0.391. The highest BCUT2D eigenvalue weighted by Gasteiger charge is 2.34. The topological polar surface area (TPSA) is 82.8 Å². The van der Waals surface area contributed by atoms with E-state index in [1.807, 2.05) is 58.4 Å². The van der Waals surface area contributed by atoms with Gasteiger partial charge in [-0.2, -0.15) is 9.61 Å². The standard InChI is InChI=1S/C23H26N6O2/c30-22(18-9-10-18)26-27-13-11-19(12-14-27)23(31)28(15-17-5-2-1-3-6-17)21-8-4-7-20-24-16-25-29(20)21/h1-8,16,18-19H,9-15H2,(H,26,30). The van der Waals surface area contributed by atoms with Crippen LogP contribution in [0.4, 0.5) is 5.82 Å². The number of hydrazine groups is 1. The third-order valence-electron chi connectivity index (χ3n) is 6.07. The molecule has 0 unspecified atom stereocenters. The second-order valence-corrected chi connectivity index (χ2v) is 8.34. The number of piperidine rings is 1. The van der Waals surface area contributed by atoms with Crippen LogP contribution in [-0.4, -0.2) is 44.5 Å². The van der Waals surface area contributed by atoms with Crippen LogP contribution in [0.25, 0.3) is 5.65 Å². The van der Waals surface area contributed by atoms with Gasteiger partial charge in [-0.1, -0.05) is 36.4 Å². The molecule has 160 valence electrons. The first-order valence-electron chi connectivity index (χ1n) is 10.9. The van der Waals surface area contributed by atoms with Crippen molar-refractivity contribution in [1.82, 2.24) is 25.0 Å². The Labute approximate surface area is 180 Å². The Morgan fingerprint density at radius 1 is 0.968 bits per heavy atom. The molecule has 3 aromatic rings. The number of hydrogen-bond acceptors (Lipinski definition) is 5. The number of amides is 2. The maximum absolute atomic E-state index is 13.7. The number of nitrogens with one attached hydrogen (secondary N) is 1. The number of rotatable bonds is 6. The third-order valence-corrected chi connectivity index (χ3v) is 6.07. The van der Waals surface area contributed by atoms with E-state index in [1.54, 1.807) is 4.52 Å². The highest BCUT2D eigenvalue weighted by Crippen LogP contribution is 2.29. The molecule has 8 nitrogen and oxygen atoms in total. The van der Waals surface area contributed by atoms with E-state index >= 15 is 0 Å². The van der Waals surface area contributed by atoms with E-state index in [0.29, 0.717) is 43.9 Å². The van der Waals surface area contributed by atoms with Crippen molar-refractivity contribution in [2.45, 2.75) is 32.2 Å². The van der Waals surface area contributed by atoms with Crippen LogP contribution in [0.2, 0.25) is 0 Å². The van der Waals surface area contributed by atoms with Gasteiger partial charge in [0.15, 0.2) is 5.65 Å². The van der Waals surface area contributed by atoms with Crippen LogP contribution in [-0.2, 0) is 16.1 Å². The number of anilines is 1. The summed E-state index contributed by atoms with van der Waals surface area (Å²) in [6, 6.07) is 15.7. The van der Waals surface area contributed by atoms with Crippen LogP contribution in [0.3, 0.4) is 0 Å². The summed E-state index contributed by atoms with van der Waals surface area (Å²) in [5, 5.41) is 6.29. The SMILES string of the molecule is O=C(NN1CCC(C(=O)N(Cc2ccccc2)c2cccc3ncnn23)CC1)C1CC1. The monoisotopic (exact) mass is 418 g/mol.